The van der Waals surface area contributed by atoms with Crippen LogP contribution in [0.5, 0.6) is 0 Å². The Morgan fingerprint density at radius 3 is 2.67 bits per heavy atom. The topological polar surface area (TPSA) is 70.5 Å². The first-order chi connectivity index (χ1) is 8.63. The van der Waals surface area contributed by atoms with E-state index >= 15 is 0 Å². The minimum absolute atomic E-state index is 0.0502. The standard InChI is InChI=1S/C12H16N2O3S/c1-2-14(8-5-3-4-6-8)11(15)10-13-9(7-18-10)12(16)17/h7-8H,2-6H2,1H3,(H,16,17). The van der Waals surface area contributed by atoms with Crippen molar-refractivity contribution in [3.05, 3.63) is 16.1 Å². The summed E-state index contributed by atoms with van der Waals surface area (Å²) in [5.41, 5.74) is -0.0502. The fourth-order valence-corrected chi connectivity index (χ4v) is 3.12. The highest BCUT2D eigenvalue weighted by molar-refractivity contribution is 7.11. The van der Waals surface area contributed by atoms with Gasteiger partial charge < -0.3 is 10.0 Å². The van der Waals surface area contributed by atoms with Gasteiger partial charge in [-0.15, -0.1) is 11.3 Å². The van der Waals surface area contributed by atoms with E-state index in [0.29, 0.717) is 12.6 Å². The van der Waals surface area contributed by atoms with Crippen LogP contribution in [-0.4, -0.2) is 39.5 Å². The Balaban J connectivity index is 2.14. The molecule has 0 aliphatic heterocycles. The second kappa shape index (κ2) is 5.48. The van der Waals surface area contributed by atoms with Crippen LogP contribution in [0.4, 0.5) is 0 Å². The molecule has 5 nitrogen and oxygen atoms in total. The molecule has 0 saturated heterocycles. The molecule has 1 saturated carbocycles. The normalized spacial score (nSPS) is 15.8. The summed E-state index contributed by atoms with van der Waals surface area (Å²) in [6.45, 7) is 2.59. The molecule has 0 atom stereocenters. The van der Waals surface area contributed by atoms with Gasteiger partial charge in [-0.25, -0.2) is 9.78 Å². The molecule has 1 fully saturated rings. The highest BCUT2D eigenvalue weighted by Gasteiger charge is 2.28. The van der Waals surface area contributed by atoms with E-state index in [4.69, 9.17) is 5.11 Å². The van der Waals surface area contributed by atoms with Gasteiger partial charge in [0.25, 0.3) is 5.91 Å². The number of hydrogen-bond donors (Lipinski definition) is 1. The van der Waals surface area contributed by atoms with E-state index in [-0.39, 0.29) is 16.6 Å². The number of aromatic nitrogens is 1. The fraction of sp³-hybridized carbons (Fsp3) is 0.583. The Morgan fingerprint density at radius 2 is 2.17 bits per heavy atom. The van der Waals surface area contributed by atoms with Gasteiger partial charge in [0.15, 0.2) is 10.7 Å². The smallest absolute Gasteiger partial charge is 0.355 e. The second-order valence-electron chi connectivity index (χ2n) is 4.37. The highest BCUT2D eigenvalue weighted by atomic mass is 32.1. The van der Waals surface area contributed by atoms with Crippen molar-refractivity contribution in [3.63, 3.8) is 0 Å². The van der Waals surface area contributed by atoms with E-state index in [1.165, 1.54) is 5.38 Å². The number of nitrogens with zero attached hydrogens (tertiary/aromatic N) is 2. The maximum atomic E-state index is 12.3. The van der Waals surface area contributed by atoms with Crippen molar-refractivity contribution in [2.24, 2.45) is 0 Å². The molecule has 0 bridgehead atoms. The van der Waals surface area contributed by atoms with Crippen LogP contribution in [0.25, 0.3) is 0 Å². The van der Waals surface area contributed by atoms with Crippen LogP contribution in [0.3, 0.4) is 0 Å². The van der Waals surface area contributed by atoms with Crippen LogP contribution in [0.15, 0.2) is 5.38 Å². The summed E-state index contributed by atoms with van der Waals surface area (Å²) in [5.74, 6) is -1.23. The van der Waals surface area contributed by atoms with Crippen LogP contribution >= 0.6 is 11.3 Å². The molecule has 1 aromatic rings. The van der Waals surface area contributed by atoms with Gasteiger partial charge >= 0.3 is 5.97 Å². The third-order valence-corrected chi connectivity index (χ3v) is 4.10. The molecule has 1 N–H and O–H groups in total. The van der Waals surface area contributed by atoms with Gasteiger partial charge in [0.05, 0.1) is 0 Å². The molecular formula is C12H16N2O3S. The van der Waals surface area contributed by atoms with Crippen LogP contribution in [0.1, 0.15) is 52.9 Å². The van der Waals surface area contributed by atoms with E-state index in [1.807, 2.05) is 11.8 Å². The minimum Gasteiger partial charge on any atom is -0.476 e. The summed E-state index contributed by atoms with van der Waals surface area (Å²) >= 11 is 1.11. The molecule has 0 spiro atoms. The average Bonchev–Trinajstić information content (AvgIpc) is 3.01. The maximum Gasteiger partial charge on any atom is 0.355 e. The number of carbonyl (C=O) groups excluding carboxylic acids is 1. The summed E-state index contributed by atoms with van der Waals surface area (Å²) in [5, 5.41) is 10.5. The lowest BCUT2D eigenvalue weighted by molar-refractivity contribution is 0.0688. The van der Waals surface area contributed by atoms with Gasteiger partial charge in [-0.05, 0) is 19.8 Å². The zero-order chi connectivity index (χ0) is 13.1. The monoisotopic (exact) mass is 268 g/mol. The number of carbonyl (C=O) groups is 2. The predicted molar refractivity (Wildman–Crippen MR) is 68.0 cm³/mol. The number of carboxylic acid groups (broad SMARTS) is 1. The lowest BCUT2D eigenvalue weighted by Gasteiger charge is -2.26. The Morgan fingerprint density at radius 1 is 1.50 bits per heavy atom. The molecule has 1 amide bonds. The first-order valence-corrected chi connectivity index (χ1v) is 7.01. The average molecular weight is 268 g/mol. The van der Waals surface area contributed by atoms with Crippen molar-refractivity contribution in [1.82, 2.24) is 9.88 Å². The number of amides is 1. The van der Waals surface area contributed by atoms with Crippen molar-refractivity contribution < 1.29 is 14.7 Å². The Kier molecular flexibility index (Phi) is 3.96. The molecule has 0 aromatic carbocycles. The third-order valence-electron chi connectivity index (χ3n) is 3.27. The molecular weight excluding hydrogens is 252 g/mol. The first kappa shape index (κ1) is 13.0. The molecule has 1 heterocycles. The van der Waals surface area contributed by atoms with Gasteiger partial charge in [0.1, 0.15) is 0 Å². The largest absolute Gasteiger partial charge is 0.476 e. The quantitative estimate of drug-likeness (QED) is 0.909. The number of thiazole rings is 1. The van der Waals surface area contributed by atoms with Crippen molar-refractivity contribution in [2.75, 3.05) is 6.54 Å². The molecule has 1 aliphatic rings. The predicted octanol–water partition coefficient (Wildman–Crippen LogP) is 2.25. The number of aromatic carboxylic acids is 1. The lowest BCUT2D eigenvalue weighted by atomic mass is 10.2. The van der Waals surface area contributed by atoms with E-state index in [9.17, 15) is 9.59 Å². The minimum atomic E-state index is -1.09. The summed E-state index contributed by atoms with van der Waals surface area (Å²) in [6, 6.07) is 0.291. The first-order valence-electron chi connectivity index (χ1n) is 6.13. The Hall–Kier alpha value is -1.43. The zero-order valence-corrected chi connectivity index (χ0v) is 11.1. The molecule has 0 unspecified atom stereocenters. The van der Waals surface area contributed by atoms with E-state index in [1.54, 1.807) is 0 Å². The van der Waals surface area contributed by atoms with E-state index in [0.717, 1.165) is 37.0 Å². The van der Waals surface area contributed by atoms with Gasteiger partial charge in [-0.1, -0.05) is 12.8 Å². The molecule has 2 rings (SSSR count). The number of rotatable bonds is 4. The molecule has 6 heteroatoms. The summed E-state index contributed by atoms with van der Waals surface area (Å²) in [6.07, 6.45) is 4.40. The van der Waals surface area contributed by atoms with Crippen LogP contribution < -0.4 is 0 Å². The van der Waals surface area contributed by atoms with Crippen LogP contribution in [-0.2, 0) is 0 Å². The van der Waals surface area contributed by atoms with E-state index < -0.39 is 5.97 Å². The van der Waals surface area contributed by atoms with E-state index in [2.05, 4.69) is 4.98 Å². The molecule has 0 radical (unpaired) electrons. The highest BCUT2D eigenvalue weighted by Crippen LogP contribution is 2.25. The van der Waals surface area contributed by atoms with Crippen molar-refractivity contribution >= 4 is 23.2 Å². The van der Waals surface area contributed by atoms with Crippen molar-refractivity contribution in [3.8, 4) is 0 Å². The molecule has 18 heavy (non-hydrogen) atoms. The third kappa shape index (κ3) is 2.53. The molecule has 1 aliphatic carbocycles. The SMILES string of the molecule is CCN(C(=O)c1nc(C(=O)O)cs1)C1CCCC1. The number of carboxylic acids is 1. The van der Waals surface area contributed by atoms with Crippen LogP contribution in [0, 0.1) is 0 Å². The van der Waals surface area contributed by atoms with Crippen LogP contribution in [0.2, 0.25) is 0 Å². The molecule has 98 valence electrons. The summed E-state index contributed by atoms with van der Waals surface area (Å²) in [4.78, 5) is 28.7. The van der Waals surface area contributed by atoms with Crippen molar-refractivity contribution in [2.45, 2.75) is 38.6 Å². The maximum absolute atomic E-state index is 12.3. The fourth-order valence-electron chi connectivity index (χ4n) is 2.38. The lowest BCUT2D eigenvalue weighted by Crippen LogP contribution is -2.38. The Labute approximate surface area is 109 Å². The van der Waals surface area contributed by atoms with Gasteiger partial charge in [-0.3, -0.25) is 4.79 Å². The summed E-state index contributed by atoms with van der Waals surface area (Å²) in [7, 11) is 0. The van der Waals surface area contributed by atoms with Crippen molar-refractivity contribution in [1.29, 1.82) is 0 Å². The van der Waals surface area contributed by atoms with Gasteiger partial charge in [0.2, 0.25) is 0 Å². The summed E-state index contributed by atoms with van der Waals surface area (Å²) < 4.78 is 0. The van der Waals surface area contributed by atoms with Gasteiger partial charge in [-0.2, -0.15) is 0 Å². The van der Waals surface area contributed by atoms with Gasteiger partial charge in [0, 0.05) is 18.0 Å². The second-order valence-corrected chi connectivity index (χ2v) is 5.23. The number of hydrogen-bond acceptors (Lipinski definition) is 4. The Bertz CT molecular complexity index is 452. The zero-order valence-electron chi connectivity index (χ0n) is 10.3. The molecule has 1 aromatic heterocycles.